The second kappa shape index (κ2) is 84.5. The van der Waals surface area contributed by atoms with Gasteiger partial charge in [-0.2, -0.15) is 0 Å². The monoisotopic (exact) mass is 2200 g/mol. The molecule has 125 heavy (non-hydrogen) atoms. The van der Waals surface area contributed by atoms with E-state index in [-0.39, 0.29) is 412 Å². The Morgan fingerprint density at radius 1 is 0.0960 bits per heavy atom. The number of aliphatic hydroxyl groups is 12. The predicted octanol–water partition coefficient (Wildman–Crippen LogP) is 9.83. The van der Waals surface area contributed by atoms with E-state index in [2.05, 4.69) is 0 Å². The van der Waals surface area contributed by atoms with E-state index in [1.54, 1.807) is 0 Å². The Morgan fingerprint density at radius 3 is 0.192 bits per heavy atom. The van der Waals surface area contributed by atoms with Gasteiger partial charge in [-0.3, -0.25) is 0 Å². The fraction of sp³-hybridized carbons (Fsp3) is 1.00. The highest BCUT2D eigenvalue weighted by Gasteiger charge is 2.31. The van der Waals surface area contributed by atoms with Crippen LogP contribution >= 0.6 is 67.2 Å². The van der Waals surface area contributed by atoms with Gasteiger partial charge in [0.25, 0.3) is 0 Å². The van der Waals surface area contributed by atoms with Gasteiger partial charge in [0.15, 0.2) is 0 Å². The quantitative estimate of drug-likeness (QED) is 0.0199. The molecule has 0 atom stereocenters. The summed E-state index contributed by atoms with van der Waals surface area (Å²) in [4.78, 5) is 0. The summed E-state index contributed by atoms with van der Waals surface area (Å²) in [6.07, 6.45) is 4.80. The Bertz CT molecular complexity index is 2530. The minimum atomic E-state index is -3.77. The van der Waals surface area contributed by atoms with Gasteiger partial charge in [-0.1, -0.05) is 0 Å². The first-order valence-corrected chi connectivity index (χ1v) is 66.3. The van der Waals surface area contributed by atoms with E-state index >= 15 is 0 Å². The minimum absolute atomic E-state index is 0.0156. The molecule has 0 aromatic carbocycles. The lowest BCUT2D eigenvalue weighted by molar-refractivity contribution is 0.111. The zero-order valence-corrected chi connectivity index (χ0v) is 87.8. The molecule has 0 radical (unpaired) electrons. The van der Waals surface area contributed by atoms with Crippen LogP contribution in [0.15, 0.2) is 0 Å². The van der Waals surface area contributed by atoms with Gasteiger partial charge in [0.1, 0.15) is 0 Å². The molecule has 0 aromatic heterocycles. The third-order valence-electron chi connectivity index (χ3n) is 13.7. The molecule has 0 bridgehead atoms. The smallest absolute Gasteiger partial charge is 0.327 e. The molecule has 0 aliphatic rings. The average Bonchev–Trinajstić information content (AvgIpc) is 0.876. The second-order valence-corrected chi connectivity index (χ2v) is 54.7. The zero-order chi connectivity index (χ0) is 92.8. The fourth-order valence-electron chi connectivity index (χ4n) is 7.71. The van der Waals surface area contributed by atoms with Crippen LogP contribution in [0.5, 0.6) is 0 Å². The van der Waals surface area contributed by atoms with Gasteiger partial charge in [-0.25, -0.2) is 0 Å². The van der Waals surface area contributed by atoms with Crippen LogP contribution in [0.4, 0.5) is 0 Å². The van der Waals surface area contributed by atoms with E-state index in [0.717, 1.165) is 0 Å². The van der Waals surface area contributed by atoms with Crippen molar-refractivity contribution in [3.8, 4) is 0 Å². The molecule has 0 aliphatic carbocycles. The third-order valence-corrected chi connectivity index (χ3v) is 38.2. The zero-order valence-electron chi connectivity index (χ0n) is 70.7. The van der Waals surface area contributed by atoms with Crippen molar-refractivity contribution in [2.75, 3.05) is 277 Å². The van der Waals surface area contributed by atoms with Crippen LogP contribution in [0, 0.1) is 0 Å². The van der Waals surface area contributed by atoms with Gasteiger partial charge in [0.05, 0.1) is 198 Å². The Kier molecular flexibility index (Phi) is 87.8. The number of hydrogen-bond acceptors (Lipinski definition) is 52. The van der Waals surface area contributed by atoms with Crippen molar-refractivity contribution in [3.63, 3.8) is 0 Å². The standard InChI is InChI=1S/C63H138O42P10S10/c64-22-1-34-76-106(116,77-35-2-23-65)88-46-13-52-94-112(122,95-53-14-47-89-107(117,78-36-3-24-66)79-37-4-25-67)100-58-19-61-103-115(125,104-62-20-59-101-113(123,96-54-15-48-90-108(118,80-38-5-26-68)81-39-6-27-69)97-55-16-49-91-109(119,82-40-7-28-70)83-41-8-29-71)105-63-21-60-102-114(124,98-56-17-50-92-110(120,84-42-9-30-72)85-43-10-31-73)99-57-18-51-93-111(121,86-44-11-32-74)87-45-12-33-75/h64-75H,1-63H2. The maximum Gasteiger partial charge on any atom is 0.327 e. The van der Waals surface area contributed by atoms with Crippen LogP contribution in [0.1, 0.15) is 135 Å². The Labute approximate surface area is 788 Å². The van der Waals surface area contributed by atoms with Crippen LogP contribution in [0.25, 0.3) is 0 Å². The maximum atomic E-state index is 9.37. The Morgan fingerprint density at radius 2 is 0.144 bits per heavy atom. The molecule has 0 heterocycles. The molecule has 12 N–H and O–H groups in total. The molecule has 0 fully saturated rings. The fourth-order valence-corrected chi connectivity index (χ4v) is 27.2. The van der Waals surface area contributed by atoms with Crippen LogP contribution in [-0.2, 0) is 254 Å². The van der Waals surface area contributed by atoms with Crippen molar-refractivity contribution in [3.05, 3.63) is 0 Å². The lowest BCUT2D eigenvalue weighted by atomic mass is 10.5. The minimum Gasteiger partial charge on any atom is -0.396 e. The van der Waals surface area contributed by atoms with Crippen molar-refractivity contribution in [2.45, 2.75) is 135 Å². The molecule has 0 saturated carbocycles. The summed E-state index contributed by atoms with van der Waals surface area (Å²) in [6.45, 7) is -36.9. The van der Waals surface area contributed by atoms with Crippen molar-refractivity contribution in [1.29, 1.82) is 0 Å². The molecular weight excluding hydrogens is 2060 g/mol. The van der Waals surface area contributed by atoms with Gasteiger partial charge in [-0.15, -0.1) is 0 Å². The first-order valence-electron chi connectivity index (χ1n) is 40.8. The molecular formula is C63H138O42P10S10. The van der Waals surface area contributed by atoms with Gasteiger partial charge >= 0.3 is 67.2 Å². The van der Waals surface area contributed by atoms with Crippen molar-refractivity contribution in [1.82, 2.24) is 0 Å². The molecule has 752 valence electrons. The lowest BCUT2D eigenvalue weighted by Crippen LogP contribution is -2.11. The van der Waals surface area contributed by atoms with Gasteiger partial charge < -0.3 is 197 Å². The van der Waals surface area contributed by atoms with Crippen molar-refractivity contribution >= 4 is 185 Å². The summed E-state index contributed by atoms with van der Waals surface area (Å²) >= 11 is 57.4. The van der Waals surface area contributed by atoms with Crippen molar-refractivity contribution in [2.24, 2.45) is 0 Å². The Balaban J connectivity index is 7.29. The largest absolute Gasteiger partial charge is 0.396 e. The van der Waals surface area contributed by atoms with Crippen LogP contribution in [0.3, 0.4) is 0 Å². The van der Waals surface area contributed by atoms with Crippen molar-refractivity contribution < 1.29 is 197 Å². The molecule has 0 saturated heterocycles. The molecule has 0 aromatic rings. The highest BCUT2D eigenvalue weighted by Crippen LogP contribution is 2.58. The van der Waals surface area contributed by atoms with Gasteiger partial charge in [-0.05, 0) is 253 Å². The molecule has 0 amide bonds. The van der Waals surface area contributed by atoms with E-state index in [1.165, 1.54) is 0 Å². The molecule has 62 heteroatoms. The highest BCUT2D eigenvalue weighted by molar-refractivity contribution is 8.10. The van der Waals surface area contributed by atoms with Gasteiger partial charge in [0, 0.05) is 79.3 Å². The first kappa shape index (κ1) is 130. The predicted molar refractivity (Wildman–Crippen MR) is 503 cm³/mol. The number of aliphatic hydroxyl groups excluding tert-OH is 12. The van der Waals surface area contributed by atoms with E-state index in [9.17, 15) is 61.3 Å². The molecule has 0 rings (SSSR count). The average molecular weight is 2200 g/mol. The maximum absolute atomic E-state index is 9.37. The lowest BCUT2D eigenvalue weighted by Gasteiger charge is -2.25. The summed E-state index contributed by atoms with van der Waals surface area (Å²) < 4.78 is 178. The number of rotatable bonds is 102. The molecule has 42 nitrogen and oxygen atoms in total. The summed E-state index contributed by atoms with van der Waals surface area (Å²) in [5.74, 6) is 0. The molecule has 0 aliphatic heterocycles. The van der Waals surface area contributed by atoms with E-state index in [0.29, 0.717) is 0 Å². The van der Waals surface area contributed by atoms with E-state index < -0.39 is 67.2 Å². The highest BCUT2D eigenvalue weighted by atomic mass is 32.5. The normalized spacial score (nSPS) is 13.2. The van der Waals surface area contributed by atoms with Crippen LogP contribution in [-0.4, -0.2) is 339 Å². The Hall–Kier alpha value is 4.82. The summed E-state index contributed by atoms with van der Waals surface area (Å²) in [6, 6.07) is 0. The summed E-state index contributed by atoms with van der Waals surface area (Å²) in [5, 5.41) is 112. The second-order valence-electron chi connectivity index (χ2n) is 24.6. The first-order chi connectivity index (χ1) is 60.1. The van der Waals surface area contributed by atoms with E-state index in [1.807, 2.05) is 0 Å². The molecule has 0 spiro atoms. The molecule has 0 unspecified atom stereocenters. The van der Waals surface area contributed by atoms with Crippen LogP contribution in [0.2, 0.25) is 0 Å². The summed E-state index contributed by atoms with van der Waals surface area (Å²) in [5.41, 5.74) is 0. The SMILES string of the molecule is OCCCOP(=S)(OCCCO)OCCCOP(=S)(OCCCOP(=S)(OCCCO)OCCCO)OCCCOP(=S)(OCCCOP(=S)(OCCCOP(=S)(OCCCO)OCCCO)OCCCOP(=S)(OCCCO)OCCCO)OCCCOP(=S)(OCCCOP(=S)(OCCCO)OCCCO)OCCCOP(=S)(OCCCO)OCCCO. The van der Waals surface area contributed by atoms with Crippen LogP contribution < -0.4 is 0 Å². The number of hydrogen-bond donors (Lipinski definition) is 12. The third kappa shape index (κ3) is 74.4. The van der Waals surface area contributed by atoms with E-state index in [4.69, 9.17) is 254 Å². The topological polar surface area (TPSA) is 520 Å². The summed E-state index contributed by atoms with van der Waals surface area (Å²) in [7, 11) is 0. The van der Waals surface area contributed by atoms with Gasteiger partial charge in [0.2, 0.25) is 0 Å².